The van der Waals surface area contributed by atoms with E-state index in [1.54, 1.807) is 13.8 Å². The summed E-state index contributed by atoms with van der Waals surface area (Å²) in [4.78, 5) is 64.3. The Hall–Kier alpha value is -6.83. The van der Waals surface area contributed by atoms with Gasteiger partial charge in [-0.3, -0.25) is 9.59 Å². The third-order valence-corrected chi connectivity index (χ3v) is 12.2. The van der Waals surface area contributed by atoms with E-state index in [2.05, 4.69) is 86.9 Å². The lowest BCUT2D eigenvalue weighted by molar-refractivity contribution is -0.136. The zero-order chi connectivity index (χ0) is 44.2. The van der Waals surface area contributed by atoms with Gasteiger partial charge < -0.3 is 45.5 Å². The molecule has 0 radical (unpaired) electrons. The smallest absolute Gasteiger partial charge is 0.408 e. The quantitative estimate of drug-likeness (QED) is 0.0848. The summed E-state index contributed by atoms with van der Waals surface area (Å²) < 4.78 is 10.1. The Balaban J connectivity index is 0.914. The van der Waals surface area contributed by atoms with Crippen molar-refractivity contribution in [2.24, 2.45) is 5.92 Å². The average Bonchev–Trinajstić information content (AvgIpc) is 4.14. The second-order valence-electron chi connectivity index (χ2n) is 17.1. The molecule has 5 N–H and O–H groups in total. The van der Waals surface area contributed by atoms with E-state index >= 15 is 0 Å². The van der Waals surface area contributed by atoms with Crippen LogP contribution in [0.4, 0.5) is 9.59 Å². The highest BCUT2D eigenvalue weighted by molar-refractivity contribution is 5.91. The number of amides is 4. The molecule has 1 unspecified atom stereocenters. The predicted molar refractivity (Wildman–Crippen MR) is 242 cm³/mol. The fourth-order valence-electron chi connectivity index (χ4n) is 8.96. The zero-order valence-electron chi connectivity index (χ0n) is 36.4. The van der Waals surface area contributed by atoms with Crippen LogP contribution in [-0.4, -0.2) is 88.3 Å². The summed E-state index contributed by atoms with van der Waals surface area (Å²) in [5.41, 5.74) is 6.70. The number of fused-ring (bicyclic) bond motifs is 1. The van der Waals surface area contributed by atoms with Gasteiger partial charge in [0.15, 0.2) is 0 Å². The van der Waals surface area contributed by atoms with E-state index < -0.39 is 24.3 Å². The number of aromatic nitrogens is 2. The Kier molecular flexibility index (Phi) is 12.7. The summed E-state index contributed by atoms with van der Waals surface area (Å²) >= 11 is 0. The summed E-state index contributed by atoms with van der Waals surface area (Å²) in [6, 6.07) is 28.6. The number of hydrogen-bond acceptors (Lipinski definition) is 9. The van der Waals surface area contributed by atoms with E-state index in [1.165, 1.54) is 7.11 Å². The van der Waals surface area contributed by atoms with E-state index in [1.807, 2.05) is 66.4 Å². The molecule has 63 heavy (non-hydrogen) atoms. The first-order valence-corrected chi connectivity index (χ1v) is 21.9. The van der Waals surface area contributed by atoms with E-state index in [9.17, 15) is 19.2 Å². The molecule has 14 heteroatoms. The highest BCUT2D eigenvalue weighted by Gasteiger charge is 2.41. The minimum Gasteiger partial charge on any atom is -0.453 e. The van der Waals surface area contributed by atoms with Gasteiger partial charge in [0.25, 0.3) is 5.91 Å². The van der Waals surface area contributed by atoms with Gasteiger partial charge in [0, 0.05) is 19.3 Å². The molecule has 4 heterocycles. The van der Waals surface area contributed by atoms with Gasteiger partial charge in [-0.2, -0.15) is 0 Å². The zero-order valence-corrected chi connectivity index (χ0v) is 36.4. The van der Waals surface area contributed by atoms with Gasteiger partial charge in [0.2, 0.25) is 5.91 Å². The first-order chi connectivity index (χ1) is 30.5. The van der Waals surface area contributed by atoms with Crippen LogP contribution in [0.3, 0.4) is 0 Å². The van der Waals surface area contributed by atoms with Crippen molar-refractivity contribution in [3.05, 3.63) is 120 Å². The SMILES string of the molecule is COC(=O)N[C@H](C(=O)N1CCC[C@H]1C1NC=C(c2ccc3cc(-c4ccc(-c5cnc([C@@H]6CCCN6C(=O)[C@H](NC(=O)OC(C)C)c6ccccc6)[nH]5)cc4)ccc3c2)N1)C(C)C. The van der Waals surface area contributed by atoms with Crippen LogP contribution in [0.5, 0.6) is 0 Å². The van der Waals surface area contributed by atoms with Gasteiger partial charge in [-0.1, -0.05) is 92.7 Å². The van der Waals surface area contributed by atoms with E-state index in [0.717, 1.165) is 70.1 Å². The van der Waals surface area contributed by atoms with Gasteiger partial charge in [0.1, 0.15) is 24.1 Å². The summed E-state index contributed by atoms with van der Waals surface area (Å²) in [5, 5.41) is 14.8. The fraction of sp³-hybridized carbons (Fsp3) is 0.367. The van der Waals surface area contributed by atoms with Crippen molar-refractivity contribution in [3.8, 4) is 22.4 Å². The van der Waals surface area contributed by atoms with Crippen molar-refractivity contribution in [2.75, 3.05) is 20.2 Å². The van der Waals surface area contributed by atoms with E-state index in [4.69, 9.17) is 14.5 Å². The number of carbonyl (C=O) groups excluding carboxylic acids is 4. The molecule has 0 bridgehead atoms. The summed E-state index contributed by atoms with van der Waals surface area (Å²) in [6.45, 7) is 8.57. The first kappa shape index (κ1) is 42.8. The number of nitrogens with one attached hydrogen (secondary N) is 5. The number of aromatic amines is 1. The third-order valence-electron chi connectivity index (χ3n) is 12.2. The number of hydrogen-bond donors (Lipinski definition) is 5. The van der Waals surface area contributed by atoms with Crippen LogP contribution in [0, 0.1) is 5.92 Å². The average molecular weight is 853 g/mol. The highest BCUT2D eigenvalue weighted by atomic mass is 16.6. The summed E-state index contributed by atoms with van der Waals surface area (Å²) in [5.74, 6) is 0.317. The molecule has 3 aliphatic rings. The summed E-state index contributed by atoms with van der Waals surface area (Å²) in [6.07, 6.45) is 5.38. The maximum atomic E-state index is 14.1. The lowest BCUT2D eigenvalue weighted by Gasteiger charge is -2.34. The monoisotopic (exact) mass is 852 g/mol. The van der Waals surface area contributed by atoms with Crippen molar-refractivity contribution < 1.29 is 28.7 Å². The Bertz CT molecular complexity index is 2480. The fourth-order valence-corrected chi connectivity index (χ4v) is 8.96. The minimum absolute atomic E-state index is 0.0736. The number of H-pyrrole nitrogens is 1. The number of likely N-dealkylation sites (tertiary alicyclic amines) is 2. The Morgan fingerprint density at radius 1 is 0.746 bits per heavy atom. The molecule has 4 aromatic carbocycles. The second kappa shape index (κ2) is 18.6. The van der Waals surface area contributed by atoms with Gasteiger partial charge >= 0.3 is 12.2 Å². The Labute approximate surface area is 367 Å². The molecule has 8 rings (SSSR count). The number of imidazole rings is 1. The Morgan fingerprint density at radius 2 is 1.41 bits per heavy atom. The maximum Gasteiger partial charge on any atom is 0.408 e. The van der Waals surface area contributed by atoms with Crippen LogP contribution in [0.25, 0.3) is 38.9 Å². The normalized spacial score (nSPS) is 19.3. The van der Waals surface area contributed by atoms with Crippen molar-refractivity contribution in [2.45, 2.75) is 89.8 Å². The molecular weight excluding hydrogens is 797 g/mol. The number of rotatable bonds is 12. The number of nitrogens with zero attached hydrogens (tertiary/aromatic N) is 3. The highest BCUT2D eigenvalue weighted by Crippen LogP contribution is 2.35. The minimum atomic E-state index is -0.888. The molecular formula is C49H56N8O6. The van der Waals surface area contributed by atoms with E-state index in [-0.39, 0.29) is 42.1 Å². The molecule has 328 valence electrons. The number of carbonyl (C=O) groups is 4. The van der Waals surface area contributed by atoms with Gasteiger partial charge in [-0.25, -0.2) is 14.6 Å². The third kappa shape index (κ3) is 9.35. The molecule has 5 aromatic rings. The molecule has 5 atom stereocenters. The standard InChI is InChI=1S/C49H56N8O6/c1-29(2)42(54-48(60)62-5)46(58)56-23-9-13-40(56)45-51-28-39(53-45)37-22-21-35-25-34(19-20-36(35)26-37)31-15-17-32(18-16-31)38-27-50-44(52-38)41-14-10-24-57(41)47(59)43(33-11-7-6-8-12-33)55-49(61)63-30(3)4/h6-8,11-12,15-22,25-30,40-43,45,51,53H,9-10,13-14,23-24H2,1-5H3,(H,50,52)(H,54,60)(H,55,61)/t40-,41-,42-,43+,45?/m0/s1. The number of methoxy groups -OCH3 is 1. The van der Waals surface area contributed by atoms with Gasteiger partial charge in [-0.15, -0.1) is 0 Å². The van der Waals surface area contributed by atoms with Crippen molar-refractivity contribution in [3.63, 3.8) is 0 Å². The van der Waals surface area contributed by atoms with Crippen molar-refractivity contribution in [1.29, 1.82) is 0 Å². The second-order valence-corrected chi connectivity index (χ2v) is 17.1. The Morgan fingerprint density at radius 3 is 2.13 bits per heavy atom. The van der Waals surface area contributed by atoms with Crippen LogP contribution in [0.15, 0.2) is 103 Å². The molecule has 2 saturated heterocycles. The summed E-state index contributed by atoms with van der Waals surface area (Å²) in [7, 11) is 1.30. The maximum absolute atomic E-state index is 14.1. The molecule has 1 aromatic heterocycles. The van der Waals surface area contributed by atoms with Crippen LogP contribution < -0.4 is 21.3 Å². The van der Waals surface area contributed by atoms with Gasteiger partial charge in [0.05, 0.1) is 42.9 Å². The number of ether oxygens (including phenoxy) is 2. The molecule has 2 fully saturated rings. The van der Waals surface area contributed by atoms with Crippen LogP contribution >= 0.6 is 0 Å². The van der Waals surface area contributed by atoms with Crippen LogP contribution in [0.1, 0.15) is 82.4 Å². The first-order valence-electron chi connectivity index (χ1n) is 21.9. The predicted octanol–water partition coefficient (Wildman–Crippen LogP) is 7.63. The molecule has 0 aliphatic carbocycles. The van der Waals surface area contributed by atoms with Gasteiger partial charge in [-0.05, 0) is 96.2 Å². The molecule has 3 aliphatic heterocycles. The van der Waals surface area contributed by atoms with Crippen molar-refractivity contribution >= 4 is 40.5 Å². The number of benzene rings is 4. The van der Waals surface area contributed by atoms with Crippen LogP contribution in [0.2, 0.25) is 0 Å². The lowest BCUT2D eigenvalue weighted by Crippen LogP contribution is -2.57. The van der Waals surface area contributed by atoms with Crippen molar-refractivity contribution in [1.82, 2.24) is 41.0 Å². The van der Waals surface area contributed by atoms with Crippen LogP contribution in [-0.2, 0) is 19.1 Å². The van der Waals surface area contributed by atoms with E-state index in [0.29, 0.717) is 24.5 Å². The molecule has 0 saturated carbocycles. The molecule has 0 spiro atoms. The molecule has 14 nitrogen and oxygen atoms in total. The number of alkyl carbamates (subject to hydrolysis) is 2. The molecule has 4 amide bonds. The topological polar surface area (TPSA) is 170 Å². The largest absolute Gasteiger partial charge is 0.453 e. The lowest BCUT2D eigenvalue weighted by atomic mass is 9.98.